The molecule has 1 N–H and O–H groups in total. The zero-order valence-corrected chi connectivity index (χ0v) is 8.01. The zero-order chi connectivity index (χ0) is 4.50. The minimum atomic E-state index is -5.14. The number of hydrogen-bond donors (Lipinski definition) is 1. The van der Waals surface area contributed by atoms with Crippen LogP contribution in [0.2, 0.25) is 0 Å². The van der Waals surface area contributed by atoms with Crippen molar-refractivity contribution in [2.75, 3.05) is 0 Å². The molecule has 9 heavy (non-hydrogen) atoms. The van der Waals surface area contributed by atoms with Crippen LogP contribution in [0.5, 0.6) is 0 Å². The van der Waals surface area contributed by atoms with E-state index in [1.54, 1.807) is 0 Å². The third-order valence-electron chi connectivity index (χ3n) is 0. The fourth-order valence-electron chi connectivity index (χ4n) is 0. The van der Waals surface area contributed by atoms with Crippen LogP contribution in [0.3, 0.4) is 0 Å². The van der Waals surface area contributed by atoms with Gasteiger partial charge in [-0.25, -0.2) is 0 Å². The van der Waals surface area contributed by atoms with Crippen molar-refractivity contribution in [2.45, 2.75) is 0 Å². The second kappa shape index (κ2) is 12.2. The Hall–Kier alpha value is 1.51. The van der Waals surface area contributed by atoms with Gasteiger partial charge in [-0.1, -0.05) is 0 Å². The van der Waals surface area contributed by atoms with Crippen LogP contribution in [0.15, 0.2) is 0 Å². The van der Waals surface area contributed by atoms with Gasteiger partial charge >= 0.3 is 44.8 Å². The quantitative estimate of drug-likeness (QED) is 0.332. The van der Waals surface area contributed by atoms with Crippen LogP contribution in [0.1, 0.15) is 0 Å². The van der Waals surface area contributed by atoms with Gasteiger partial charge in [0.2, 0.25) is 0 Å². The van der Waals surface area contributed by atoms with E-state index < -0.39 is 7.82 Å². The summed E-state index contributed by atoms with van der Waals surface area (Å²) < 4.78 is 8.66. The molecule has 48 valence electrons. The Morgan fingerprint density at radius 3 is 1.22 bits per heavy atom. The second-order valence-corrected chi connectivity index (χ2v) is 1.41. The SMILES string of the molecule is O=P([O-])([O-])O.[Mg+2].[O-2].[O-2].[Ti+4]. The maximum absolute atomic E-state index is 8.66. The molecule has 0 unspecified atom stereocenters. The van der Waals surface area contributed by atoms with Gasteiger partial charge in [-0.2, -0.15) is 0 Å². The summed E-state index contributed by atoms with van der Waals surface area (Å²) in [7, 11) is -5.14. The van der Waals surface area contributed by atoms with Crippen LogP contribution in [-0.2, 0) is 37.2 Å². The Morgan fingerprint density at radius 1 is 1.22 bits per heavy atom. The smallest absolute Gasteiger partial charge is 2.00 e. The van der Waals surface area contributed by atoms with Crippen molar-refractivity contribution in [2.24, 2.45) is 0 Å². The predicted octanol–water partition coefficient (Wildman–Crippen LogP) is -2.81. The summed E-state index contributed by atoms with van der Waals surface area (Å²) in [6.07, 6.45) is 0. The molecule has 0 saturated heterocycles. The van der Waals surface area contributed by atoms with Gasteiger partial charge in [0.05, 0.1) is 7.82 Å². The van der Waals surface area contributed by atoms with Crippen LogP contribution in [-0.4, -0.2) is 27.9 Å². The van der Waals surface area contributed by atoms with Gasteiger partial charge in [0.1, 0.15) is 0 Å². The summed E-state index contributed by atoms with van der Waals surface area (Å²) in [6.45, 7) is 0. The molecule has 0 aromatic carbocycles. The zero-order valence-electron chi connectivity index (χ0n) is 4.14. The Balaban J connectivity index is -0.0000000133. The molecule has 0 saturated carbocycles. The van der Waals surface area contributed by atoms with E-state index in [2.05, 4.69) is 0 Å². The Morgan fingerprint density at radius 2 is 1.22 bits per heavy atom. The van der Waals surface area contributed by atoms with Crippen LogP contribution in [0, 0.1) is 0 Å². The standard InChI is InChI=1S/Mg.H3O4P.2O.Ti/c;1-5(2,3)4;;;/h;(H3,1,2,3,4);;;/q+2;;2*-2;+4/p-2. The van der Waals surface area contributed by atoms with E-state index in [4.69, 9.17) is 19.2 Å². The van der Waals surface area contributed by atoms with Gasteiger partial charge in [0.15, 0.2) is 0 Å². The van der Waals surface area contributed by atoms with Crippen LogP contribution in [0.4, 0.5) is 0 Å². The van der Waals surface area contributed by atoms with Crippen molar-refractivity contribution in [3.63, 3.8) is 0 Å². The summed E-state index contributed by atoms with van der Waals surface area (Å²) in [6, 6.07) is 0. The summed E-state index contributed by atoms with van der Waals surface area (Å²) >= 11 is 0. The molecule has 0 spiro atoms. The molecule has 0 aliphatic rings. The fraction of sp³-hybridized carbons (Fsp3) is 0. The first kappa shape index (κ1) is 31.3. The van der Waals surface area contributed by atoms with E-state index in [-0.39, 0.29) is 55.7 Å². The van der Waals surface area contributed by atoms with Crippen LogP contribution >= 0.6 is 7.82 Å². The molecular weight excluding hydrogens is 199 g/mol. The Labute approximate surface area is 82.5 Å². The van der Waals surface area contributed by atoms with Gasteiger partial charge in [-0.05, 0) is 0 Å². The first-order valence-corrected chi connectivity index (χ1v) is 2.24. The molecule has 0 atom stereocenters. The van der Waals surface area contributed by atoms with Crippen molar-refractivity contribution in [3.05, 3.63) is 0 Å². The van der Waals surface area contributed by atoms with Gasteiger partial charge in [-0.3, -0.25) is 0 Å². The summed E-state index contributed by atoms with van der Waals surface area (Å²) in [5.41, 5.74) is 0. The van der Waals surface area contributed by atoms with Gasteiger partial charge < -0.3 is 30.2 Å². The van der Waals surface area contributed by atoms with Crippen molar-refractivity contribution in [1.82, 2.24) is 0 Å². The minimum Gasteiger partial charge on any atom is -2.00 e. The molecule has 0 radical (unpaired) electrons. The molecule has 0 aliphatic carbocycles. The average Bonchev–Trinajstić information content (AvgIpc) is 0.722. The molecular formula is HMgO6PTi. The first-order chi connectivity index (χ1) is 2.00. The molecule has 6 nitrogen and oxygen atoms in total. The minimum absolute atomic E-state index is 0. The number of hydrogen-bond acceptors (Lipinski definition) is 3. The monoisotopic (exact) mass is 200 g/mol. The fourth-order valence-corrected chi connectivity index (χ4v) is 0. The van der Waals surface area contributed by atoms with Gasteiger partial charge in [-0.15, -0.1) is 0 Å². The van der Waals surface area contributed by atoms with E-state index in [1.165, 1.54) is 0 Å². The topological polar surface area (TPSA) is 140 Å². The third-order valence-corrected chi connectivity index (χ3v) is 0. The maximum Gasteiger partial charge on any atom is 4.00 e. The molecule has 0 aromatic heterocycles. The molecule has 0 bridgehead atoms. The maximum atomic E-state index is 8.66. The van der Waals surface area contributed by atoms with Crippen molar-refractivity contribution >= 4 is 30.9 Å². The summed E-state index contributed by atoms with van der Waals surface area (Å²) in [5.74, 6) is 0. The third kappa shape index (κ3) is 235. The van der Waals surface area contributed by atoms with Crippen LogP contribution in [0.25, 0.3) is 0 Å². The average molecular weight is 200 g/mol. The van der Waals surface area contributed by atoms with Crippen molar-refractivity contribution in [3.8, 4) is 0 Å². The predicted molar refractivity (Wildman–Crippen MR) is 17.0 cm³/mol. The molecule has 0 aliphatic heterocycles. The largest absolute Gasteiger partial charge is 4.00 e. The van der Waals surface area contributed by atoms with Gasteiger partial charge in [0, 0.05) is 0 Å². The molecule has 0 aromatic rings. The molecule has 0 amide bonds. The van der Waals surface area contributed by atoms with Crippen LogP contribution < -0.4 is 9.79 Å². The molecule has 0 fully saturated rings. The first-order valence-electron chi connectivity index (χ1n) is 0.748. The van der Waals surface area contributed by atoms with Gasteiger partial charge in [0.25, 0.3) is 0 Å². The van der Waals surface area contributed by atoms with E-state index in [9.17, 15) is 0 Å². The molecule has 0 heterocycles. The normalized spacial score (nSPS) is 6.56. The summed E-state index contributed by atoms with van der Waals surface area (Å²) in [5, 5.41) is 0. The number of phosphoric acid groups is 1. The Kier molecular flexibility index (Phi) is 42.5. The van der Waals surface area contributed by atoms with E-state index in [0.717, 1.165) is 0 Å². The van der Waals surface area contributed by atoms with Crippen molar-refractivity contribution < 1.29 is 51.9 Å². The van der Waals surface area contributed by atoms with E-state index in [1.807, 2.05) is 0 Å². The summed E-state index contributed by atoms with van der Waals surface area (Å²) in [4.78, 5) is 24.3. The van der Waals surface area contributed by atoms with E-state index in [0.29, 0.717) is 0 Å². The Bertz CT molecular complexity index is 59.2. The van der Waals surface area contributed by atoms with Crippen molar-refractivity contribution in [1.29, 1.82) is 0 Å². The van der Waals surface area contributed by atoms with E-state index >= 15 is 0 Å². The second-order valence-electron chi connectivity index (χ2n) is 0.469. The number of rotatable bonds is 0. The molecule has 0 rings (SSSR count). The molecule has 9 heteroatoms.